The first-order valence-corrected chi connectivity index (χ1v) is 6.90. The Balaban J connectivity index is 1.83. The van der Waals surface area contributed by atoms with Crippen LogP contribution in [-0.4, -0.2) is 61.2 Å². The van der Waals surface area contributed by atoms with E-state index in [2.05, 4.69) is 36.0 Å². The van der Waals surface area contributed by atoms with Gasteiger partial charge in [0.15, 0.2) is 0 Å². The van der Waals surface area contributed by atoms with Crippen molar-refractivity contribution in [2.75, 3.05) is 33.2 Å². The average molecular weight is 225 g/mol. The molecule has 1 aliphatic carbocycles. The first-order valence-electron chi connectivity index (χ1n) is 6.90. The van der Waals surface area contributed by atoms with E-state index in [1.807, 2.05) is 0 Å². The maximum absolute atomic E-state index is 3.43. The van der Waals surface area contributed by atoms with Crippen LogP contribution in [0.4, 0.5) is 0 Å². The highest BCUT2D eigenvalue weighted by Crippen LogP contribution is 2.25. The van der Waals surface area contributed by atoms with Gasteiger partial charge in [0.05, 0.1) is 0 Å². The van der Waals surface area contributed by atoms with Gasteiger partial charge in [0.1, 0.15) is 0 Å². The van der Waals surface area contributed by atoms with E-state index in [9.17, 15) is 0 Å². The van der Waals surface area contributed by atoms with E-state index in [0.29, 0.717) is 0 Å². The molecule has 0 radical (unpaired) electrons. The van der Waals surface area contributed by atoms with Gasteiger partial charge in [-0.25, -0.2) is 0 Å². The van der Waals surface area contributed by atoms with Crippen molar-refractivity contribution in [2.24, 2.45) is 0 Å². The van der Waals surface area contributed by atoms with Crippen molar-refractivity contribution >= 4 is 0 Å². The van der Waals surface area contributed by atoms with Gasteiger partial charge in [0.2, 0.25) is 0 Å². The minimum absolute atomic E-state index is 0.743. The molecule has 0 spiro atoms. The van der Waals surface area contributed by atoms with Crippen LogP contribution in [0.25, 0.3) is 0 Å². The summed E-state index contributed by atoms with van der Waals surface area (Å²) in [6.07, 6.45) is 4.11. The maximum Gasteiger partial charge on any atom is 0.0195 e. The Morgan fingerprint density at radius 3 is 2.62 bits per heavy atom. The summed E-state index contributed by atoms with van der Waals surface area (Å²) in [5.41, 5.74) is 0. The quantitative estimate of drug-likeness (QED) is 0.777. The van der Waals surface area contributed by atoms with Crippen molar-refractivity contribution in [1.29, 1.82) is 0 Å². The number of likely N-dealkylation sites (N-methyl/N-ethyl adjacent to an activating group) is 1. The highest BCUT2D eigenvalue weighted by molar-refractivity contribution is 4.90. The van der Waals surface area contributed by atoms with Crippen LogP contribution in [0.15, 0.2) is 0 Å². The summed E-state index contributed by atoms with van der Waals surface area (Å²) in [7, 11) is 2.10. The minimum Gasteiger partial charge on any atom is -0.317 e. The Bertz CT molecular complexity index is 219. The lowest BCUT2D eigenvalue weighted by Gasteiger charge is -2.42. The van der Waals surface area contributed by atoms with E-state index in [1.165, 1.54) is 45.4 Å². The molecule has 0 aromatic heterocycles. The molecule has 0 aromatic carbocycles. The Labute approximate surface area is 100 Å². The Morgan fingerprint density at radius 1 is 1.25 bits per heavy atom. The second kappa shape index (κ2) is 5.48. The number of rotatable bonds is 3. The third-order valence-electron chi connectivity index (χ3n) is 4.53. The lowest BCUT2D eigenvalue weighted by atomic mass is 10.1. The zero-order chi connectivity index (χ0) is 11.5. The van der Waals surface area contributed by atoms with Gasteiger partial charge in [-0.15, -0.1) is 0 Å². The summed E-state index contributed by atoms with van der Waals surface area (Å²) in [5, 5.41) is 3.43. The van der Waals surface area contributed by atoms with E-state index < -0.39 is 0 Å². The van der Waals surface area contributed by atoms with E-state index >= 15 is 0 Å². The molecule has 2 rings (SSSR count). The molecule has 2 fully saturated rings. The number of nitrogens with zero attached hydrogens (tertiary/aromatic N) is 2. The summed E-state index contributed by atoms with van der Waals surface area (Å²) in [4.78, 5) is 5.33. The number of hydrogen-bond acceptors (Lipinski definition) is 3. The van der Waals surface area contributed by atoms with Crippen LogP contribution in [0.3, 0.4) is 0 Å². The van der Waals surface area contributed by atoms with Crippen LogP contribution in [0, 0.1) is 0 Å². The summed E-state index contributed by atoms with van der Waals surface area (Å²) >= 11 is 0. The van der Waals surface area contributed by atoms with Crippen molar-refractivity contribution in [3.8, 4) is 0 Å². The fourth-order valence-electron chi connectivity index (χ4n) is 3.38. The molecule has 1 aliphatic heterocycles. The molecule has 1 heterocycles. The molecular weight excluding hydrogens is 198 g/mol. The fraction of sp³-hybridized carbons (Fsp3) is 1.00. The number of hydrogen-bond donors (Lipinski definition) is 1. The smallest absolute Gasteiger partial charge is 0.0195 e. The topological polar surface area (TPSA) is 18.5 Å². The fourth-order valence-corrected chi connectivity index (χ4v) is 3.38. The molecule has 0 bridgehead atoms. The normalized spacial score (nSPS) is 38.1. The molecule has 1 saturated carbocycles. The molecular formula is C13H27N3. The summed E-state index contributed by atoms with van der Waals surface area (Å²) in [6, 6.07) is 2.36. The number of piperazine rings is 1. The van der Waals surface area contributed by atoms with Gasteiger partial charge in [-0.1, -0.05) is 6.92 Å². The van der Waals surface area contributed by atoms with Gasteiger partial charge < -0.3 is 5.32 Å². The van der Waals surface area contributed by atoms with Crippen molar-refractivity contribution in [3.63, 3.8) is 0 Å². The Kier molecular flexibility index (Phi) is 4.22. The van der Waals surface area contributed by atoms with Gasteiger partial charge in [-0.05, 0) is 39.8 Å². The molecule has 3 heteroatoms. The lowest BCUT2D eigenvalue weighted by molar-refractivity contribution is 0.0599. The van der Waals surface area contributed by atoms with Crippen molar-refractivity contribution in [2.45, 2.75) is 51.2 Å². The molecule has 0 amide bonds. The molecule has 1 N–H and O–H groups in total. The van der Waals surface area contributed by atoms with Gasteiger partial charge >= 0.3 is 0 Å². The Morgan fingerprint density at radius 2 is 2.06 bits per heavy atom. The summed E-state index contributed by atoms with van der Waals surface area (Å²) in [5.74, 6) is 0. The van der Waals surface area contributed by atoms with E-state index in [1.54, 1.807) is 0 Å². The molecule has 0 aromatic rings. The zero-order valence-corrected chi connectivity index (χ0v) is 11.1. The van der Waals surface area contributed by atoms with Crippen molar-refractivity contribution in [3.05, 3.63) is 0 Å². The first kappa shape index (κ1) is 12.3. The van der Waals surface area contributed by atoms with E-state index in [-0.39, 0.29) is 0 Å². The molecule has 1 saturated heterocycles. The third kappa shape index (κ3) is 2.58. The van der Waals surface area contributed by atoms with Gasteiger partial charge in [-0.3, -0.25) is 9.80 Å². The average Bonchev–Trinajstić information content (AvgIpc) is 2.77. The van der Waals surface area contributed by atoms with Crippen LogP contribution in [0.1, 0.15) is 33.1 Å². The van der Waals surface area contributed by atoms with Crippen molar-refractivity contribution in [1.82, 2.24) is 15.1 Å². The second-order valence-corrected chi connectivity index (χ2v) is 5.43. The summed E-state index contributed by atoms with van der Waals surface area (Å²) in [6.45, 7) is 9.67. The Hall–Kier alpha value is -0.120. The van der Waals surface area contributed by atoms with Crippen LogP contribution >= 0.6 is 0 Å². The van der Waals surface area contributed by atoms with Gasteiger partial charge in [0, 0.05) is 37.8 Å². The van der Waals surface area contributed by atoms with Crippen LogP contribution in [0.5, 0.6) is 0 Å². The first-order chi connectivity index (χ1) is 7.74. The van der Waals surface area contributed by atoms with Gasteiger partial charge in [-0.2, -0.15) is 0 Å². The zero-order valence-electron chi connectivity index (χ0n) is 11.1. The SMILES string of the molecule is CCN1CCN(C2CCC(NC)C2)CC1C. The molecule has 2 aliphatic rings. The molecule has 3 unspecified atom stereocenters. The maximum atomic E-state index is 3.43. The lowest BCUT2D eigenvalue weighted by Crippen LogP contribution is -2.54. The number of nitrogens with one attached hydrogen (secondary N) is 1. The summed E-state index contributed by atoms with van der Waals surface area (Å²) < 4.78 is 0. The predicted molar refractivity (Wildman–Crippen MR) is 68.8 cm³/mol. The predicted octanol–water partition coefficient (Wildman–Crippen LogP) is 1.15. The molecule has 94 valence electrons. The molecule has 3 atom stereocenters. The van der Waals surface area contributed by atoms with E-state index in [4.69, 9.17) is 0 Å². The largest absolute Gasteiger partial charge is 0.317 e. The van der Waals surface area contributed by atoms with Crippen LogP contribution in [0.2, 0.25) is 0 Å². The second-order valence-electron chi connectivity index (χ2n) is 5.43. The van der Waals surface area contributed by atoms with Crippen molar-refractivity contribution < 1.29 is 0 Å². The van der Waals surface area contributed by atoms with E-state index in [0.717, 1.165) is 18.1 Å². The molecule has 3 nitrogen and oxygen atoms in total. The van der Waals surface area contributed by atoms with Crippen LogP contribution in [-0.2, 0) is 0 Å². The highest BCUT2D eigenvalue weighted by Gasteiger charge is 2.32. The highest BCUT2D eigenvalue weighted by atomic mass is 15.3. The minimum atomic E-state index is 0.743. The standard InChI is InChI=1S/C13H27N3/c1-4-15-7-8-16(10-11(15)2)13-6-5-12(9-13)14-3/h11-14H,4-10H2,1-3H3. The van der Waals surface area contributed by atoms with Crippen LogP contribution < -0.4 is 5.32 Å². The molecule has 16 heavy (non-hydrogen) atoms. The van der Waals surface area contributed by atoms with Gasteiger partial charge in [0.25, 0.3) is 0 Å². The monoisotopic (exact) mass is 225 g/mol. The third-order valence-corrected chi connectivity index (χ3v) is 4.53.